The van der Waals surface area contributed by atoms with E-state index in [1.807, 2.05) is 0 Å². The number of likely N-dealkylation sites (tertiary alicyclic amines) is 2. The van der Waals surface area contributed by atoms with Crippen molar-refractivity contribution in [1.29, 1.82) is 0 Å². The highest BCUT2D eigenvalue weighted by Gasteiger charge is 2.76. The lowest BCUT2D eigenvalue weighted by atomic mass is 9.56. The van der Waals surface area contributed by atoms with Crippen molar-refractivity contribution in [2.45, 2.75) is 34.9 Å². The highest BCUT2D eigenvalue weighted by Crippen LogP contribution is 2.66. The van der Waals surface area contributed by atoms with Crippen molar-refractivity contribution in [1.82, 2.24) is 9.80 Å². The number of carbonyl (C=O) groups is 4. The van der Waals surface area contributed by atoms with Crippen molar-refractivity contribution in [2.75, 3.05) is 12.5 Å². The molecule has 37 heavy (non-hydrogen) atoms. The topological polar surface area (TPSA) is 104 Å². The van der Waals surface area contributed by atoms with Crippen LogP contribution in [-0.2, 0) is 19.2 Å². The Bertz CT molecular complexity index is 1290. The third-order valence-electron chi connectivity index (χ3n) is 7.78. The number of phenols is 1. The summed E-state index contributed by atoms with van der Waals surface area (Å²) in [7, 11) is 1.34. The van der Waals surface area contributed by atoms with Crippen molar-refractivity contribution in [2.24, 2.45) is 17.8 Å². The first-order chi connectivity index (χ1) is 17.2. The Morgan fingerprint density at radius 1 is 1.14 bits per heavy atom. The number of nitrogens with zero attached hydrogens (tertiary/aromatic N) is 2. The summed E-state index contributed by atoms with van der Waals surface area (Å²) in [5, 5.41) is 10.8. The quantitative estimate of drug-likeness (QED) is 0.238. The molecule has 3 fully saturated rings. The Hall–Kier alpha value is -2.31. The number of hydrogen-bond donors (Lipinski definition) is 1. The fourth-order valence-electron chi connectivity index (χ4n) is 6.22. The Morgan fingerprint density at radius 3 is 2.43 bits per heavy atom. The molecule has 2 heterocycles. The third-order valence-corrected chi connectivity index (χ3v) is 9.69. The van der Waals surface area contributed by atoms with Crippen LogP contribution in [0.4, 0.5) is 13.2 Å². The molecule has 4 amide bonds. The van der Waals surface area contributed by atoms with Crippen LogP contribution >= 0.6 is 39.1 Å². The predicted molar refractivity (Wildman–Crippen MR) is 126 cm³/mol. The molecule has 1 aromatic carbocycles. The molecule has 2 aliphatic heterocycles. The highest BCUT2D eigenvalue weighted by molar-refractivity contribution is 9.09. The Balaban J connectivity index is 1.75. The van der Waals surface area contributed by atoms with Crippen LogP contribution in [0.1, 0.15) is 24.3 Å². The number of allylic oxidation sites excluding steroid dienone is 2. The van der Waals surface area contributed by atoms with E-state index in [0.717, 1.165) is 28.0 Å². The number of rotatable bonds is 3. The van der Waals surface area contributed by atoms with E-state index in [1.165, 1.54) is 7.05 Å². The highest BCUT2D eigenvalue weighted by atomic mass is 79.9. The van der Waals surface area contributed by atoms with E-state index in [9.17, 15) is 37.5 Å². The van der Waals surface area contributed by atoms with E-state index in [2.05, 4.69) is 20.7 Å². The standard InChI is InChI=1S/C23H18BrCl2F3N2O6/c1-30-17(33)11-4-3-10-13(15(11)18(30)34)7-21(25)19(35)31(8-24)20(36)22(21,26)16(10)12-6-9(2-5-14(12)32)37-23(27,28)29/h2-3,5-6,11,13,15-16,32H,4,7-8H2,1H3/t11-,13+,15-,16+,21+,22-/m0/s1. The average molecular weight is 626 g/mol. The van der Waals surface area contributed by atoms with Crippen LogP contribution in [0.25, 0.3) is 0 Å². The van der Waals surface area contributed by atoms with Crippen LogP contribution in [0.3, 0.4) is 0 Å². The summed E-state index contributed by atoms with van der Waals surface area (Å²) >= 11 is 17.0. The summed E-state index contributed by atoms with van der Waals surface area (Å²) in [6.45, 7) is 0. The van der Waals surface area contributed by atoms with Crippen molar-refractivity contribution in [3.8, 4) is 11.5 Å². The lowest BCUT2D eigenvalue weighted by Crippen LogP contribution is -2.60. The first kappa shape index (κ1) is 26.3. The van der Waals surface area contributed by atoms with Crippen molar-refractivity contribution < 1.29 is 42.2 Å². The van der Waals surface area contributed by atoms with Gasteiger partial charge in [-0.15, -0.1) is 36.4 Å². The maximum absolute atomic E-state index is 13.6. The van der Waals surface area contributed by atoms with Gasteiger partial charge in [-0.25, -0.2) is 0 Å². The van der Waals surface area contributed by atoms with E-state index in [1.54, 1.807) is 6.08 Å². The second-order valence-electron chi connectivity index (χ2n) is 9.49. The molecule has 0 radical (unpaired) electrons. The second kappa shape index (κ2) is 8.34. The van der Waals surface area contributed by atoms with Crippen molar-refractivity contribution in [3.05, 3.63) is 35.4 Å². The van der Waals surface area contributed by atoms with Crippen molar-refractivity contribution >= 4 is 62.8 Å². The summed E-state index contributed by atoms with van der Waals surface area (Å²) in [6.07, 6.45) is -3.63. The van der Waals surface area contributed by atoms with Gasteiger partial charge < -0.3 is 9.84 Å². The van der Waals surface area contributed by atoms with Crippen LogP contribution < -0.4 is 4.74 Å². The Kier molecular flexibility index (Phi) is 5.93. The molecule has 198 valence electrons. The number of alkyl halides is 6. The molecule has 2 saturated heterocycles. The zero-order valence-electron chi connectivity index (χ0n) is 18.9. The van der Waals surface area contributed by atoms with Gasteiger partial charge in [0.15, 0.2) is 9.75 Å². The second-order valence-corrected chi connectivity index (χ2v) is 11.2. The number of carbonyl (C=O) groups excluding carboxylic acids is 4. The zero-order chi connectivity index (χ0) is 27.2. The van der Waals surface area contributed by atoms with Crippen LogP contribution in [0.2, 0.25) is 0 Å². The van der Waals surface area contributed by atoms with Crippen LogP contribution in [-0.4, -0.2) is 67.1 Å². The molecule has 0 spiro atoms. The number of imide groups is 2. The average Bonchev–Trinajstić information content (AvgIpc) is 3.12. The van der Waals surface area contributed by atoms with Crippen LogP contribution in [0, 0.1) is 17.8 Å². The first-order valence-corrected chi connectivity index (χ1v) is 12.9. The van der Waals surface area contributed by atoms with Gasteiger partial charge in [-0.1, -0.05) is 27.6 Å². The lowest BCUT2D eigenvalue weighted by Gasteiger charge is -2.50. The predicted octanol–water partition coefficient (Wildman–Crippen LogP) is 3.63. The number of aromatic hydroxyl groups is 1. The van der Waals surface area contributed by atoms with Crippen LogP contribution in [0.15, 0.2) is 29.8 Å². The van der Waals surface area contributed by atoms with Gasteiger partial charge in [0.25, 0.3) is 11.8 Å². The first-order valence-electron chi connectivity index (χ1n) is 11.1. The number of benzene rings is 1. The number of fused-ring (bicyclic) bond motifs is 4. The molecule has 0 unspecified atom stereocenters. The van der Waals surface area contributed by atoms with E-state index < -0.39 is 74.9 Å². The van der Waals surface area contributed by atoms with Gasteiger partial charge in [-0.05, 0) is 37.0 Å². The summed E-state index contributed by atoms with van der Waals surface area (Å²) in [5.74, 6) is -7.83. The minimum absolute atomic E-state index is 0.0912. The fourth-order valence-corrected chi connectivity index (χ4v) is 7.63. The van der Waals surface area contributed by atoms with Crippen molar-refractivity contribution in [3.63, 3.8) is 0 Å². The summed E-state index contributed by atoms with van der Waals surface area (Å²) in [5.41, 5.74) is -0.167. The van der Waals surface area contributed by atoms with E-state index >= 15 is 0 Å². The molecule has 1 saturated carbocycles. The molecule has 8 nitrogen and oxygen atoms in total. The van der Waals surface area contributed by atoms with E-state index in [0.29, 0.717) is 5.57 Å². The Labute approximate surface area is 226 Å². The van der Waals surface area contributed by atoms with Gasteiger partial charge in [0.1, 0.15) is 11.5 Å². The monoisotopic (exact) mass is 624 g/mol. The van der Waals surface area contributed by atoms with Gasteiger partial charge in [-0.2, -0.15) is 0 Å². The number of hydrogen-bond acceptors (Lipinski definition) is 6. The molecular weight excluding hydrogens is 608 g/mol. The Morgan fingerprint density at radius 2 is 1.81 bits per heavy atom. The summed E-state index contributed by atoms with van der Waals surface area (Å²) in [4.78, 5) is 50.2. The van der Waals surface area contributed by atoms with Gasteiger partial charge in [0.05, 0.1) is 17.3 Å². The number of halogens is 6. The summed E-state index contributed by atoms with van der Waals surface area (Å²) in [6, 6.07) is 2.71. The number of amides is 4. The van der Waals surface area contributed by atoms with E-state index in [-0.39, 0.29) is 23.9 Å². The molecule has 5 rings (SSSR count). The largest absolute Gasteiger partial charge is 0.573 e. The molecule has 0 bridgehead atoms. The molecule has 14 heteroatoms. The maximum atomic E-state index is 13.6. The lowest BCUT2D eigenvalue weighted by molar-refractivity contribution is -0.274. The van der Waals surface area contributed by atoms with E-state index in [4.69, 9.17) is 23.2 Å². The third kappa shape index (κ3) is 3.47. The van der Waals surface area contributed by atoms with Gasteiger partial charge >= 0.3 is 6.36 Å². The molecular formula is C23H18BrCl2F3N2O6. The van der Waals surface area contributed by atoms with Crippen LogP contribution in [0.5, 0.6) is 11.5 Å². The molecule has 2 aliphatic carbocycles. The molecule has 6 atom stereocenters. The normalized spacial score (nSPS) is 35.4. The zero-order valence-corrected chi connectivity index (χ0v) is 22.0. The van der Waals surface area contributed by atoms with Gasteiger partial charge in [0, 0.05) is 18.5 Å². The maximum Gasteiger partial charge on any atom is 0.573 e. The SMILES string of the molecule is CN1C(=O)[C@H]2[C@H](CC=C3[C@H]2C[C@@]2(Cl)C(=O)N(CBr)C(=O)[C@@]2(Cl)[C@H]3c2cc(OC(F)(F)F)ccc2O)C1=O. The number of phenolic OH excluding ortho intramolecular Hbond substituents is 1. The minimum Gasteiger partial charge on any atom is -0.508 e. The molecule has 4 aliphatic rings. The summed E-state index contributed by atoms with van der Waals surface area (Å²) < 4.78 is 43.0. The molecule has 1 aromatic rings. The minimum atomic E-state index is -5.05. The smallest absolute Gasteiger partial charge is 0.508 e. The molecule has 0 aromatic heterocycles. The number of ether oxygens (including phenoxy) is 1. The van der Waals surface area contributed by atoms with Gasteiger partial charge in [-0.3, -0.25) is 29.0 Å². The van der Waals surface area contributed by atoms with Gasteiger partial charge in [0.2, 0.25) is 11.8 Å². The molecule has 1 N–H and O–H groups in total. The fraction of sp³-hybridized carbons (Fsp3) is 0.478.